The molecule has 0 atom stereocenters. The Morgan fingerprint density at radius 3 is 2.69 bits per heavy atom. The molecule has 1 heterocycles. The van der Waals surface area contributed by atoms with E-state index in [0.29, 0.717) is 12.0 Å². The van der Waals surface area contributed by atoms with Crippen molar-refractivity contribution >= 4 is 17.7 Å². The summed E-state index contributed by atoms with van der Waals surface area (Å²) in [7, 11) is 0. The lowest BCUT2D eigenvalue weighted by molar-refractivity contribution is -0.130. The molecule has 1 aromatic carbocycles. The first kappa shape index (κ1) is 11.3. The van der Waals surface area contributed by atoms with Crippen molar-refractivity contribution in [2.24, 2.45) is 0 Å². The third-order valence-corrected chi connectivity index (χ3v) is 3.64. The lowest BCUT2D eigenvalue weighted by Crippen LogP contribution is -2.38. The van der Waals surface area contributed by atoms with Crippen LogP contribution in [-0.2, 0) is 11.2 Å². The predicted molar refractivity (Wildman–Crippen MR) is 65.7 cm³/mol. The lowest BCUT2D eigenvalue weighted by Gasteiger charge is -2.26. The van der Waals surface area contributed by atoms with Crippen molar-refractivity contribution in [2.75, 3.05) is 24.6 Å². The van der Waals surface area contributed by atoms with Crippen molar-refractivity contribution in [2.45, 2.75) is 6.42 Å². The van der Waals surface area contributed by atoms with Crippen LogP contribution in [0.4, 0.5) is 0 Å². The molecule has 1 saturated heterocycles. The van der Waals surface area contributed by atoms with E-state index in [-0.39, 0.29) is 11.7 Å². The summed E-state index contributed by atoms with van der Waals surface area (Å²) in [6.45, 7) is 1.66. The molecule has 3 nitrogen and oxygen atoms in total. The molecule has 1 amide bonds. The number of hydrogen-bond donors (Lipinski definition) is 1. The Hall–Kier alpha value is -1.16. The van der Waals surface area contributed by atoms with Crippen LogP contribution in [0.15, 0.2) is 24.3 Å². The van der Waals surface area contributed by atoms with Crippen molar-refractivity contribution in [3.05, 3.63) is 29.8 Å². The Kier molecular flexibility index (Phi) is 3.72. The first-order chi connectivity index (χ1) is 7.77. The second-order valence-corrected chi connectivity index (χ2v) is 5.02. The maximum atomic E-state index is 11.9. The van der Waals surface area contributed by atoms with Gasteiger partial charge in [0.05, 0.1) is 6.42 Å². The van der Waals surface area contributed by atoms with E-state index < -0.39 is 0 Å². The molecule has 0 radical (unpaired) electrons. The number of nitrogens with zero attached hydrogens (tertiary/aromatic N) is 1. The van der Waals surface area contributed by atoms with E-state index in [9.17, 15) is 9.90 Å². The highest BCUT2D eigenvalue weighted by molar-refractivity contribution is 7.99. The van der Waals surface area contributed by atoms with E-state index in [2.05, 4.69) is 0 Å². The fourth-order valence-electron chi connectivity index (χ4n) is 1.75. The Bertz CT molecular complexity index is 375. The van der Waals surface area contributed by atoms with Gasteiger partial charge in [0.15, 0.2) is 0 Å². The molecule has 86 valence electrons. The second-order valence-electron chi connectivity index (χ2n) is 3.80. The average molecular weight is 237 g/mol. The third-order valence-electron chi connectivity index (χ3n) is 2.70. The molecule has 0 aliphatic carbocycles. The summed E-state index contributed by atoms with van der Waals surface area (Å²) in [4.78, 5) is 13.8. The number of phenolic OH excluding ortho intramolecular Hbond substituents is 1. The van der Waals surface area contributed by atoms with Crippen molar-refractivity contribution < 1.29 is 9.90 Å². The van der Waals surface area contributed by atoms with Crippen LogP contribution in [0.25, 0.3) is 0 Å². The Labute approximate surface area is 99.5 Å². The lowest BCUT2D eigenvalue weighted by atomic mass is 10.1. The molecule has 16 heavy (non-hydrogen) atoms. The maximum Gasteiger partial charge on any atom is 0.227 e. The number of rotatable bonds is 2. The van der Waals surface area contributed by atoms with Crippen LogP contribution in [0.3, 0.4) is 0 Å². The number of para-hydroxylation sites is 1. The number of carbonyl (C=O) groups excluding carboxylic acids is 1. The first-order valence-electron chi connectivity index (χ1n) is 5.40. The van der Waals surface area contributed by atoms with Crippen molar-refractivity contribution in [3.8, 4) is 5.75 Å². The zero-order valence-electron chi connectivity index (χ0n) is 9.06. The second kappa shape index (κ2) is 5.25. The summed E-state index contributed by atoms with van der Waals surface area (Å²) in [5, 5.41) is 9.58. The number of phenols is 1. The largest absolute Gasteiger partial charge is 0.508 e. The molecule has 1 fully saturated rings. The SMILES string of the molecule is O=C(Cc1ccccc1O)N1CCSCC1. The molecule has 0 saturated carbocycles. The van der Waals surface area contributed by atoms with E-state index in [4.69, 9.17) is 0 Å². The topological polar surface area (TPSA) is 40.5 Å². The van der Waals surface area contributed by atoms with Crippen molar-refractivity contribution in [1.29, 1.82) is 0 Å². The van der Waals surface area contributed by atoms with E-state index in [1.54, 1.807) is 18.2 Å². The van der Waals surface area contributed by atoms with Gasteiger partial charge in [-0.15, -0.1) is 0 Å². The summed E-state index contributed by atoms with van der Waals surface area (Å²) in [6, 6.07) is 7.02. The van der Waals surface area contributed by atoms with Gasteiger partial charge in [-0.1, -0.05) is 18.2 Å². The number of hydrogen-bond acceptors (Lipinski definition) is 3. The molecule has 1 aliphatic heterocycles. The van der Waals surface area contributed by atoms with Gasteiger partial charge in [0, 0.05) is 30.2 Å². The van der Waals surface area contributed by atoms with Crippen LogP contribution in [-0.4, -0.2) is 40.5 Å². The quantitative estimate of drug-likeness (QED) is 0.847. The summed E-state index contributed by atoms with van der Waals surface area (Å²) in [5.74, 6) is 2.36. The molecule has 1 N–H and O–H groups in total. The fraction of sp³-hybridized carbons (Fsp3) is 0.417. The van der Waals surface area contributed by atoms with Crippen LogP contribution in [0, 0.1) is 0 Å². The smallest absolute Gasteiger partial charge is 0.227 e. The molecule has 0 aromatic heterocycles. The maximum absolute atomic E-state index is 11.9. The van der Waals surface area contributed by atoms with E-state index in [0.717, 1.165) is 24.6 Å². The third kappa shape index (κ3) is 2.70. The zero-order chi connectivity index (χ0) is 11.4. The van der Waals surface area contributed by atoms with E-state index in [1.807, 2.05) is 22.7 Å². The highest BCUT2D eigenvalue weighted by Gasteiger charge is 2.17. The van der Waals surface area contributed by atoms with Crippen LogP contribution >= 0.6 is 11.8 Å². The molecular weight excluding hydrogens is 222 g/mol. The number of aromatic hydroxyl groups is 1. The van der Waals surface area contributed by atoms with Crippen molar-refractivity contribution in [3.63, 3.8) is 0 Å². The van der Waals surface area contributed by atoms with Gasteiger partial charge in [-0.25, -0.2) is 0 Å². The zero-order valence-corrected chi connectivity index (χ0v) is 9.87. The number of benzene rings is 1. The van der Waals surface area contributed by atoms with Gasteiger partial charge in [-0.05, 0) is 6.07 Å². The average Bonchev–Trinajstić information content (AvgIpc) is 2.33. The number of amides is 1. The van der Waals surface area contributed by atoms with Gasteiger partial charge >= 0.3 is 0 Å². The molecular formula is C12H15NO2S. The minimum atomic E-state index is 0.113. The Morgan fingerprint density at radius 2 is 2.00 bits per heavy atom. The monoisotopic (exact) mass is 237 g/mol. The minimum Gasteiger partial charge on any atom is -0.508 e. The summed E-state index contributed by atoms with van der Waals surface area (Å²) < 4.78 is 0. The Morgan fingerprint density at radius 1 is 1.31 bits per heavy atom. The molecule has 4 heteroatoms. The van der Waals surface area contributed by atoms with E-state index in [1.165, 1.54) is 0 Å². The van der Waals surface area contributed by atoms with Gasteiger partial charge < -0.3 is 10.0 Å². The molecule has 1 aliphatic rings. The molecule has 1 aromatic rings. The standard InChI is InChI=1S/C12H15NO2S/c14-11-4-2-1-3-10(11)9-12(15)13-5-7-16-8-6-13/h1-4,14H,5-9H2. The highest BCUT2D eigenvalue weighted by Crippen LogP contribution is 2.18. The number of carbonyl (C=O) groups is 1. The van der Waals surface area contributed by atoms with Crippen LogP contribution in [0.2, 0.25) is 0 Å². The molecule has 2 rings (SSSR count). The van der Waals surface area contributed by atoms with Gasteiger partial charge in [-0.2, -0.15) is 11.8 Å². The summed E-state index contributed by atoms with van der Waals surface area (Å²) >= 11 is 1.88. The predicted octanol–water partition coefficient (Wildman–Crippen LogP) is 1.51. The summed E-state index contributed by atoms with van der Waals surface area (Å²) in [6.07, 6.45) is 0.303. The van der Waals surface area contributed by atoms with Gasteiger partial charge in [0.1, 0.15) is 5.75 Å². The first-order valence-corrected chi connectivity index (χ1v) is 6.55. The molecule has 0 bridgehead atoms. The Balaban J connectivity index is 1.99. The van der Waals surface area contributed by atoms with E-state index >= 15 is 0 Å². The van der Waals surface area contributed by atoms with Crippen LogP contribution < -0.4 is 0 Å². The summed E-state index contributed by atoms with van der Waals surface area (Å²) in [5.41, 5.74) is 0.714. The molecule has 0 spiro atoms. The highest BCUT2D eigenvalue weighted by atomic mass is 32.2. The van der Waals surface area contributed by atoms with Crippen molar-refractivity contribution in [1.82, 2.24) is 4.90 Å². The van der Waals surface area contributed by atoms with Gasteiger partial charge in [0.25, 0.3) is 0 Å². The van der Waals surface area contributed by atoms with Crippen LogP contribution in [0.1, 0.15) is 5.56 Å². The fourth-order valence-corrected chi connectivity index (χ4v) is 2.65. The van der Waals surface area contributed by atoms with Gasteiger partial charge in [-0.3, -0.25) is 4.79 Å². The minimum absolute atomic E-state index is 0.113. The number of thioether (sulfide) groups is 1. The molecule has 0 unspecified atom stereocenters. The van der Waals surface area contributed by atoms with Gasteiger partial charge in [0.2, 0.25) is 5.91 Å². The normalized spacial score (nSPS) is 16.1. The van der Waals surface area contributed by atoms with Crippen LogP contribution in [0.5, 0.6) is 5.75 Å².